The van der Waals surface area contributed by atoms with E-state index in [2.05, 4.69) is 15.5 Å². The summed E-state index contributed by atoms with van der Waals surface area (Å²) in [5.41, 5.74) is 8.84. The molecule has 0 bridgehead atoms. The van der Waals surface area contributed by atoms with Gasteiger partial charge in [0, 0.05) is 23.6 Å². The Morgan fingerprint density at radius 2 is 2.21 bits per heavy atom. The number of anilines is 1. The van der Waals surface area contributed by atoms with E-state index in [4.69, 9.17) is 10.6 Å². The summed E-state index contributed by atoms with van der Waals surface area (Å²) in [5.74, 6) is -2.06. The van der Waals surface area contributed by atoms with Gasteiger partial charge >= 0.3 is 5.97 Å². The molecule has 2 aliphatic heterocycles. The number of rotatable bonds is 8. The lowest BCUT2D eigenvalue weighted by molar-refractivity contribution is -0.690. The van der Waals surface area contributed by atoms with E-state index >= 15 is 0 Å². The highest BCUT2D eigenvalue weighted by Crippen LogP contribution is 2.40. The smallest absolute Gasteiger partial charge is 0.352 e. The first-order chi connectivity index (χ1) is 16.3. The van der Waals surface area contributed by atoms with Crippen molar-refractivity contribution in [2.24, 2.45) is 5.16 Å². The summed E-state index contributed by atoms with van der Waals surface area (Å²) in [6.07, 6.45) is 0. The largest absolute Gasteiger partial charge is 0.477 e. The molecule has 4 heterocycles. The molecule has 1 fully saturated rings. The molecule has 2 aromatic rings. The van der Waals surface area contributed by atoms with Crippen LogP contribution in [0.5, 0.6) is 0 Å². The van der Waals surface area contributed by atoms with Gasteiger partial charge < -0.3 is 26.1 Å². The summed E-state index contributed by atoms with van der Waals surface area (Å²) in [6, 6.07) is -0.928. The number of carbonyl (C=O) groups is 3. The first kappa shape index (κ1) is 24.1. The van der Waals surface area contributed by atoms with Crippen molar-refractivity contribution < 1.29 is 34.0 Å². The van der Waals surface area contributed by atoms with Gasteiger partial charge in [-0.25, -0.2) is 9.78 Å². The molecule has 4 rings (SSSR count). The van der Waals surface area contributed by atoms with Crippen LogP contribution in [-0.4, -0.2) is 67.9 Å². The number of nitrogens with one attached hydrogen (secondary N) is 1. The number of β-lactam (4-membered cyclic amide) rings is 1. The molecule has 5 N–H and O–H groups in total. The lowest BCUT2D eigenvalue weighted by atomic mass is 10.0. The maximum absolute atomic E-state index is 12.9. The number of amides is 2. The Bertz CT molecular complexity index is 1220. The molecule has 0 aliphatic carbocycles. The first-order valence-electron chi connectivity index (χ1n) is 9.87. The molecular formula is C19H21N6O6S3+. The van der Waals surface area contributed by atoms with Crippen LogP contribution in [0.25, 0.3) is 0 Å². The molecule has 2 atom stereocenters. The van der Waals surface area contributed by atoms with Gasteiger partial charge in [-0.2, -0.15) is 4.57 Å². The number of aliphatic hydroxyl groups excluding tert-OH is 1. The molecule has 0 saturated carbocycles. The van der Waals surface area contributed by atoms with E-state index in [1.54, 1.807) is 5.38 Å². The third-order valence-electron chi connectivity index (χ3n) is 5.36. The van der Waals surface area contributed by atoms with Crippen LogP contribution >= 0.6 is 34.4 Å². The second-order valence-electron chi connectivity index (χ2n) is 7.33. The number of carboxylic acids is 1. The van der Waals surface area contributed by atoms with Crippen molar-refractivity contribution in [1.82, 2.24) is 15.2 Å². The van der Waals surface area contributed by atoms with Crippen molar-refractivity contribution in [3.63, 3.8) is 0 Å². The molecule has 34 heavy (non-hydrogen) atoms. The van der Waals surface area contributed by atoms with Crippen molar-refractivity contribution in [3.05, 3.63) is 38.4 Å². The van der Waals surface area contributed by atoms with E-state index in [1.165, 1.54) is 35.1 Å². The summed E-state index contributed by atoms with van der Waals surface area (Å²) in [7, 11) is 1.28. The second-order valence-corrected chi connectivity index (χ2v) is 10.3. The highest BCUT2D eigenvalue weighted by atomic mass is 32.2. The summed E-state index contributed by atoms with van der Waals surface area (Å²) in [6.45, 7) is 2.02. The number of nitrogens with zero attached hydrogens (tertiary/aromatic N) is 4. The van der Waals surface area contributed by atoms with Gasteiger partial charge in [-0.3, -0.25) is 14.5 Å². The minimum atomic E-state index is -1.21. The summed E-state index contributed by atoms with van der Waals surface area (Å²) < 4.78 is 1.85. The Kier molecular flexibility index (Phi) is 6.88. The Morgan fingerprint density at radius 3 is 2.79 bits per heavy atom. The number of aromatic nitrogens is 2. The third kappa shape index (κ3) is 4.26. The molecule has 12 nitrogen and oxygen atoms in total. The number of aliphatic hydroxyl groups is 1. The van der Waals surface area contributed by atoms with Gasteiger partial charge in [0.1, 0.15) is 34.8 Å². The average Bonchev–Trinajstić information content (AvgIpc) is 3.40. The number of hydrogen-bond acceptors (Lipinski definition) is 11. The quantitative estimate of drug-likeness (QED) is 0.156. The lowest BCUT2D eigenvalue weighted by Crippen LogP contribution is -2.71. The molecule has 0 spiro atoms. The number of carboxylic acid groups (broad SMARTS) is 1. The Morgan fingerprint density at radius 1 is 1.44 bits per heavy atom. The van der Waals surface area contributed by atoms with Crippen LogP contribution in [0.4, 0.5) is 5.13 Å². The van der Waals surface area contributed by atoms with E-state index in [1.807, 2.05) is 17.0 Å². The zero-order chi connectivity index (χ0) is 24.6. The second kappa shape index (κ2) is 9.69. The van der Waals surface area contributed by atoms with Gasteiger partial charge in [0.25, 0.3) is 11.8 Å². The molecule has 0 radical (unpaired) electrons. The maximum atomic E-state index is 12.9. The molecule has 180 valence electrons. The number of aliphatic carboxylic acids is 1. The summed E-state index contributed by atoms with van der Waals surface area (Å²) >= 11 is 3.87. The number of thioether (sulfide) groups is 1. The number of thiazole rings is 2. The van der Waals surface area contributed by atoms with Crippen LogP contribution in [0.1, 0.15) is 16.3 Å². The van der Waals surface area contributed by atoms with Gasteiger partial charge in [-0.15, -0.1) is 23.1 Å². The third-order valence-corrected chi connectivity index (χ3v) is 8.44. The molecule has 1 saturated heterocycles. The fraction of sp³-hybridized carbons (Fsp3) is 0.368. The van der Waals surface area contributed by atoms with Crippen LogP contribution in [0.15, 0.2) is 27.3 Å². The van der Waals surface area contributed by atoms with E-state index in [0.717, 1.165) is 21.9 Å². The predicted molar refractivity (Wildman–Crippen MR) is 125 cm³/mol. The van der Waals surface area contributed by atoms with Crippen LogP contribution in [0, 0.1) is 6.92 Å². The van der Waals surface area contributed by atoms with Crippen LogP contribution in [0.3, 0.4) is 0 Å². The number of carbonyl (C=O) groups excluding carboxylic acids is 2. The summed E-state index contributed by atoms with van der Waals surface area (Å²) in [5, 5.41) is 26.8. The van der Waals surface area contributed by atoms with Gasteiger partial charge in [-0.1, -0.05) is 16.5 Å². The molecular weight excluding hydrogens is 504 g/mol. The van der Waals surface area contributed by atoms with Gasteiger partial charge in [0.05, 0.1) is 6.61 Å². The number of oxime groups is 1. The molecule has 0 unspecified atom stereocenters. The molecule has 15 heteroatoms. The first-order valence-corrected chi connectivity index (χ1v) is 12.7. The molecule has 2 aliphatic rings. The number of hydrogen-bond donors (Lipinski definition) is 4. The highest BCUT2D eigenvalue weighted by Gasteiger charge is 2.55. The predicted octanol–water partition coefficient (Wildman–Crippen LogP) is -0.336. The normalized spacial score (nSPS) is 20.1. The standard InChI is InChI=1S/C19H20N6O6S3/c1-8-11(4-26)34-7-24(8)3-9-5-32-17-13(16(28)25(17)14(9)18(29)30)22-15(27)12(23-31-2)10-6-33-19(20)21-10/h6-7,13,17,26H,3-5H2,1-2H3,(H3-,20,21,22,27,29,30)/p+1/b23-12-/t13-,17-/m1/s1. The average molecular weight is 526 g/mol. The van der Waals surface area contributed by atoms with Crippen molar-refractivity contribution >= 4 is 63.1 Å². The topological polar surface area (TPSA) is 171 Å². The van der Waals surface area contributed by atoms with Gasteiger partial charge in [0.15, 0.2) is 23.1 Å². The Balaban J connectivity index is 1.54. The SMILES string of the molecule is CO/N=C(\C(=O)N[C@@H]1C(=O)N2C(C(=O)O)=C(C[n+]3csc(CO)c3C)CS[C@H]12)c1csc(N)n1. The fourth-order valence-corrected chi connectivity index (χ4v) is 6.40. The van der Waals surface area contributed by atoms with Crippen molar-refractivity contribution in [1.29, 1.82) is 0 Å². The van der Waals surface area contributed by atoms with Crippen molar-refractivity contribution in [2.75, 3.05) is 18.6 Å². The number of fused-ring (bicyclic) bond motifs is 1. The maximum Gasteiger partial charge on any atom is 0.352 e. The zero-order valence-electron chi connectivity index (χ0n) is 18.0. The van der Waals surface area contributed by atoms with Gasteiger partial charge in [0.2, 0.25) is 5.51 Å². The van der Waals surface area contributed by atoms with Crippen molar-refractivity contribution in [2.45, 2.75) is 31.5 Å². The highest BCUT2D eigenvalue weighted by molar-refractivity contribution is 8.00. The Hall–Kier alpha value is -3.01. The minimum absolute atomic E-state index is 0.0824. The van der Waals surface area contributed by atoms with Crippen LogP contribution in [-0.2, 0) is 32.4 Å². The molecule has 0 aromatic carbocycles. The van der Waals surface area contributed by atoms with Gasteiger partial charge in [-0.05, 0) is 0 Å². The minimum Gasteiger partial charge on any atom is -0.477 e. The summed E-state index contributed by atoms with van der Waals surface area (Å²) in [4.78, 5) is 48.6. The van der Waals surface area contributed by atoms with E-state index in [-0.39, 0.29) is 35.4 Å². The van der Waals surface area contributed by atoms with Crippen LogP contribution in [0.2, 0.25) is 0 Å². The molecule has 2 amide bonds. The van der Waals surface area contributed by atoms with Crippen molar-refractivity contribution in [3.8, 4) is 0 Å². The van der Waals surface area contributed by atoms with Crippen LogP contribution < -0.4 is 15.6 Å². The monoisotopic (exact) mass is 525 g/mol. The van der Waals surface area contributed by atoms with E-state index in [0.29, 0.717) is 11.3 Å². The van der Waals surface area contributed by atoms with E-state index < -0.39 is 29.2 Å². The fourth-order valence-electron chi connectivity index (χ4n) is 3.67. The zero-order valence-corrected chi connectivity index (χ0v) is 20.5. The Labute approximate surface area is 205 Å². The van der Waals surface area contributed by atoms with E-state index in [9.17, 15) is 24.6 Å². The number of nitrogens with two attached hydrogens (primary N) is 1. The lowest BCUT2D eigenvalue weighted by Gasteiger charge is -2.49. The number of nitrogen functional groups attached to an aromatic ring is 1. The molecule has 2 aromatic heterocycles.